The van der Waals surface area contributed by atoms with Crippen molar-refractivity contribution in [3.05, 3.63) is 59.7 Å². The van der Waals surface area contributed by atoms with E-state index in [-0.39, 0.29) is 0 Å². The fourth-order valence-electron chi connectivity index (χ4n) is 1.79. The standard InChI is InChI=1S/C16H19OP/c1-4-17-18(15-9-5-13(2)6-10-15)16-11-7-14(3)8-12-16/h5-12H,4H2,1-3H3. The molecule has 0 aliphatic rings. The van der Waals surface area contributed by atoms with Crippen molar-refractivity contribution in [3.8, 4) is 0 Å². The summed E-state index contributed by atoms with van der Waals surface area (Å²) >= 11 is 0. The molecule has 94 valence electrons. The fraction of sp³-hybridized carbons (Fsp3) is 0.250. The highest BCUT2D eigenvalue weighted by Gasteiger charge is 2.14. The Bertz CT molecular complexity index is 442. The van der Waals surface area contributed by atoms with Crippen molar-refractivity contribution < 1.29 is 4.52 Å². The van der Waals surface area contributed by atoms with Crippen LogP contribution in [0.25, 0.3) is 0 Å². The maximum absolute atomic E-state index is 5.96. The summed E-state index contributed by atoms with van der Waals surface area (Å²) in [5.74, 6) is 0. The van der Waals surface area contributed by atoms with E-state index in [1.807, 2.05) is 0 Å². The zero-order valence-electron chi connectivity index (χ0n) is 11.2. The predicted octanol–water partition coefficient (Wildman–Crippen LogP) is 3.69. The molecule has 1 nitrogen and oxygen atoms in total. The van der Waals surface area contributed by atoms with Crippen molar-refractivity contribution >= 4 is 18.8 Å². The molecule has 0 aliphatic heterocycles. The second-order valence-corrected chi connectivity index (χ2v) is 6.26. The lowest BCUT2D eigenvalue weighted by atomic mass is 10.2. The summed E-state index contributed by atoms with van der Waals surface area (Å²) in [5.41, 5.74) is 2.57. The minimum absolute atomic E-state index is 0.676. The zero-order chi connectivity index (χ0) is 13.0. The van der Waals surface area contributed by atoms with Gasteiger partial charge in [-0.3, -0.25) is 0 Å². The average Bonchev–Trinajstić information content (AvgIpc) is 2.39. The summed E-state index contributed by atoms with van der Waals surface area (Å²) in [6, 6.07) is 17.3. The predicted molar refractivity (Wildman–Crippen MR) is 80.2 cm³/mol. The van der Waals surface area contributed by atoms with Crippen molar-refractivity contribution in [2.24, 2.45) is 0 Å². The summed E-state index contributed by atoms with van der Waals surface area (Å²) in [5, 5.41) is 2.56. The molecular weight excluding hydrogens is 239 g/mol. The molecule has 0 amide bonds. The van der Waals surface area contributed by atoms with Gasteiger partial charge < -0.3 is 4.52 Å². The SMILES string of the molecule is CCOP(c1ccc(C)cc1)c1ccc(C)cc1. The third-order valence-corrected chi connectivity index (χ3v) is 4.85. The molecule has 0 unspecified atom stereocenters. The van der Waals surface area contributed by atoms with Crippen molar-refractivity contribution in [2.45, 2.75) is 20.8 Å². The van der Waals surface area contributed by atoms with Crippen LogP contribution in [-0.4, -0.2) is 6.61 Å². The Hall–Kier alpha value is -1.17. The monoisotopic (exact) mass is 258 g/mol. The molecule has 0 heterocycles. The van der Waals surface area contributed by atoms with Crippen LogP contribution in [0.3, 0.4) is 0 Å². The number of hydrogen-bond donors (Lipinski definition) is 0. The number of hydrogen-bond acceptors (Lipinski definition) is 1. The van der Waals surface area contributed by atoms with E-state index in [4.69, 9.17) is 4.52 Å². The van der Waals surface area contributed by atoms with Gasteiger partial charge >= 0.3 is 0 Å². The lowest BCUT2D eigenvalue weighted by molar-refractivity contribution is 0.388. The molecule has 0 radical (unpaired) electrons. The second-order valence-electron chi connectivity index (χ2n) is 4.38. The minimum atomic E-state index is -0.676. The van der Waals surface area contributed by atoms with Gasteiger partial charge in [0.25, 0.3) is 0 Å². The first-order valence-electron chi connectivity index (χ1n) is 6.27. The molecule has 0 spiro atoms. The number of rotatable bonds is 4. The van der Waals surface area contributed by atoms with Crippen LogP contribution in [-0.2, 0) is 4.52 Å². The lowest BCUT2D eigenvalue weighted by Crippen LogP contribution is -2.13. The van der Waals surface area contributed by atoms with Gasteiger partial charge in [-0.2, -0.15) is 0 Å². The van der Waals surface area contributed by atoms with Crippen LogP contribution in [0.2, 0.25) is 0 Å². The highest BCUT2D eigenvalue weighted by molar-refractivity contribution is 7.68. The average molecular weight is 258 g/mol. The van der Waals surface area contributed by atoms with Crippen LogP contribution >= 0.6 is 8.15 Å². The molecule has 0 fully saturated rings. The second kappa shape index (κ2) is 6.13. The lowest BCUT2D eigenvalue weighted by Gasteiger charge is -2.17. The van der Waals surface area contributed by atoms with Gasteiger partial charge in [-0.15, -0.1) is 0 Å². The summed E-state index contributed by atoms with van der Waals surface area (Å²) in [6.07, 6.45) is 0. The molecule has 0 saturated heterocycles. The molecular formula is C16H19OP. The molecule has 0 N–H and O–H groups in total. The van der Waals surface area contributed by atoms with Crippen LogP contribution in [0.15, 0.2) is 48.5 Å². The first kappa shape index (κ1) is 13.3. The van der Waals surface area contributed by atoms with Crippen LogP contribution in [0.5, 0.6) is 0 Å². The molecule has 2 aromatic carbocycles. The first-order chi connectivity index (χ1) is 8.70. The highest BCUT2D eigenvalue weighted by Crippen LogP contribution is 2.34. The molecule has 2 aromatic rings. The molecule has 18 heavy (non-hydrogen) atoms. The normalized spacial score (nSPS) is 10.9. The Morgan fingerprint density at radius 2 is 1.17 bits per heavy atom. The molecule has 2 heteroatoms. The Morgan fingerprint density at radius 1 is 0.778 bits per heavy atom. The van der Waals surface area contributed by atoms with Crippen LogP contribution in [0, 0.1) is 13.8 Å². The van der Waals surface area contributed by atoms with Crippen molar-refractivity contribution in [1.29, 1.82) is 0 Å². The van der Waals surface area contributed by atoms with E-state index in [1.54, 1.807) is 0 Å². The van der Waals surface area contributed by atoms with Gasteiger partial charge in [-0.25, -0.2) is 0 Å². The quantitative estimate of drug-likeness (QED) is 0.760. The Kier molecular flexibility index (Phi) is 4.52. The summed E-state index contributed by atoms with van der Waals surface area (Å²) in [6.45, 7) is 7.02. The van der Waals surface area contributed by atoms with Gasteiger partial charge in [0.05, 0.1) is 8.15 Å². The summed E-state index contributed by atoms with van der Waals surface area (Å²) in [7, 11) is -0.676. The molecule has 2 rings (SSSR count). The van der Waals surface area contributed by atoms with E-state index < -0.39 is 8.15 Å². The van der Waals surface area contributed by atoms with Crippen molar-refractivity contribution in [3.63, 3.8) is 0 Å². The fourth-order valence-corrected chi connectivity index (χ4v) is 3.48. The molecule has 0 bridgehead atoms. The van der Waals surface area contributed by atoms with Gasteiger partial charge in [0.1, 0.15) is 0 Å². The topological polar surface area (TPSA) is 9.23 Å². The summed E-state index contributed by atoms with van der Waals surface area (Å²) < 4.78 is 5.96. The van der Waals surface area contributed by atoms with E-state index in [1.165, 1.54) is 21.7 Å². The smallest absolute Gasteiger partial charge is 0.0917 e. The van der Waals surface area contributed by atoms with E-state index in [2.05, 4.69) is 69.3 Å². The highest BCUT2D eigenvalue weighted by atomic mass is 31.1. The van der Waals surface area contributed by atoms with Crippen LogP contribution < -0.4 is 10.6 Å². The van der Waals surface area contributed by atoms with Gasteiger partial charge in [0.2, 0.25) is 0 Å². The molecule has 0 aliphatic carbocycles. The minimum Gasteiger partial charge on any atom is -0.350 e. The van der Waals surface area contributed by atoms with E-state index in [0.29, 0.717) is 0 Å². The Balaban J connectivity index is 2.33. The maximum Gasteiger partial charge on any atom is 0.0917 e. The zero-order valence-corrected chi connectivity index (χ0v) is 12.1. The van der Waals surface area contributed by atoms with Crippen molar-refractivity contribution in [1.82, 2.24) is 0 Å². The molecule has 0 saturated carbocycles. The first-order valence-corrected chi connectivity index (χ1v) is 7.53. The van der Waals surface area contributed by atoms with Gasteiger partial charge in [0.15, 0.2) is 0 Å². The van der Waals surface area contributed by atoms with Gasteiger partial charge in [-0.1, -0.05) is 59.7 Å². The van der Waals surface area contributed by atoms with E-state index in [9.17, 15) is 0 Å². The number of aryl methyl sites for hydroxylation is 2. The Morgan fingerprint density at radius 3 is 1.50 bits per heavy atom. The summed E-state index contributed by atoms with van der Waals surface area (Å²) in [4.78, 5) is 0. The largest absolute Gasteiger partial charge is 0.350 e. The van der Waals surface area contributed by atoms with Gasteiger partial charge in [-0.05, 0) is 20.8 Å². The Labute approximate surface area is 111 Å². The third-order valence-electron chi connectivity index (χ3n) is 2.80. The maximum atomic E-state index is 5.96. The van der Waals surface area contributed by atoms with Crippen LogP contribution in [0.4, 0.5) is 0 Å². The third kappa shape index (κ3) is 3.19. The van der Waals surface area contributed by atoms with Crippen LogP contribution in [0.1, 0.15) is 18.1 Å². The van der Waals surface area contributed by atoms with Crippen molar-refractivity contribution in [2.75, 3.05) is 6.61 Å². The molecule has 0 atom stereocenters. The number of benzene rings is 2. The van der Waals surface area contributed by atoms with E-state index >= 15 is 0 Å². The molecule has 0 aromatic heterocycles. The van der Waals surface area contributed by atoms with E-state index in [0.717, 1.165) is 6.61 Å². The van der Waals surface area contributed by atoms with Gasteiger partial charge in [0, 0.05) is 17.2 Å².